The summed E-state index contributed by atoms with van der Waals surface area (Å²) in [5.41, 5.74) is 0. The fraction of sp³-hybridized carbons (Fsp3) is 0. The van der Waals surface area contributed by atoms with Crippen LogP contribution in [-0.4, -0.2) is 29.4 Å². The zero-order chi connectivity index (χ0) is 0. The Hall–Kier alpha value is 0.679. The molecule has 4 heteroatoms. The molecule has 0 unspecified atom stereocenters. The third-order valence-corrected chi connectivity index (χ3v) is 0. The second kappa shape index (κ2) is 57.3. The molecule has 0 bridgehead atoms. The van der Waals surface area contributed by atoms with Gasteiger partial charge in [-0.25, -0.2) is 0 Å². The second-order valence-electron chi connectivity index (χ2n) is 0. The van der Waals surface area contributed by atoms with E-state index in [-0.39, 0.29) is 40.3 Å². The Morgan fingerprint density at radius 3 is 0.750 bits per heavy atom. The van der Waals surface area contributed by atoms with Gasteiger partial charge in [0, 0.05) is 0 Å². The van der Waals surface area contributed by atoms with Crippen molar-refractivity contribution in [2.75, 3.05) is 0 Å². The van der Waals surface area contributed by atoms with Gasteiger partial charge in [-0.15, -0.1) is 0 Å². The molecule has 0 aromatic heterocycles. The van der Waals surface area contributed by atoms with Crippen LogP contribution in [0.15, 0.2) is 0 Å². The van der Waals surface area contributed by atoms with Gasteiger partial charge in [-0.2, -0.15) is 0 Å². The zero-order valence-electron chi connectivity index (χ0n) is 1.82. The molecule has 0 saturated heterocycles. The zero-order valence-corrected chi connectivity index (χ0v) is 4.67. The Morgan fingerprint density at radius 1 is 0.750 bits per heavy atom. The van der Waals surface area contributed by atoms with Gasteiger partial charge < -0.3 is 16.4 Å². The van der Waals surface area contributed by atoms with Crippen LogP contribution in [0.3, 0.4) is 0 Å². The number of hydrogen-bond acceptors (Lipinski definition) is 0. The van der Waals surface area contributed by atoms with Crippen LogP contribution >= 0.6 is 0 Å². The predicted octanol–water partition coefficient (Wildman–Crippen LogP) is -1.44. The Labute approximate surface area is 40.9 Å². The van der Waals surface area contributed by atoms with E-state index in [1.165, 1.54) is 0 Å². The minimum absolute atomic E-state index is 0. The molecule has 0 heterocycles. The standard InChI is InChI=1S/H2O.2O.Sn/h1H2;;;/q;2*-2;+4. The topological polar surface area (TPSA) is 88.5 Å². The van der Waals surface area contributed by atoms with Crippen LogP contribution in [0.5, 0.6) is 0 Å². The summed E-state index contributed by atoms with van der Waals surface area (Å²) in [5, 5.41) is 0. The van der Waals surface area contributed by atoms with Crippen LogP contribution in [0.2, 0.25) is 0 Å². The Balaban J connectivity index is 0. The molecule has 3 nitrogen and oxygen atoms in total. The van der Waals surface area contributed by atoms with E-state index >= 15 is 0 Å². The largest absolute Gasteiger partial charge is 4.00 e. The van der Waals surface area contributed by atoms with Crippen molar-refractivity contribution in [2.24, 2.45) is 0 Å². The molecule has 0 aliphatic rings. The first kappa shape index (κ1) is 137. The molecular formula is H2O3Sn. The summed E-state index contributed by atoms with van der Waals surface area (Å²) in [7, 11) is 0. The van der Waals surface area contributed by atoms with Crippen molar-refractivity contribution in [3.05, 3.63) is 0 Å². The van der Waals surface area contributed by atoms with E-state index in [0.29, 0.717) is 0 Å². The molecule has 24 valence electrons. The van der Waals surface area contributed by atoms with E-state index in [4.69, 9.17) is 0 Å². The molecule has 0 aliphatic carbocycles. The third-order valence-electron chi connectivity index (χ3n) is 0. The van der Waals surface area contributed by atoms with Crippen molar-refractivity contribution in [3.63, 3.8) is 0 Å². The van der Waals surface area contributed by atoms with E-state index in [2.05, 4.69) is 0 Å². The fourth-order valence-electron chi connectivity index (χ4n) is 0. The molecule has 0 spiro atoms. The van der Waals surface area contributed by atoms with Crippen LogP contribution in [0.4, 0.5) is 0 Å². The molecule has 2 N–H and O–H groups in total. The molecule has 0 aliphatic heterocycles. The van der Waals surface area contributed by atoms with Crippen LogP contribution in [0, 0.1) is 0 Å². The molecule has 0 amide bonds. The first-order valence-electron chi connectivity index (χ1n) is 0. The molecule has 0 rings (SSSR count). The quantitative estimate of drug-likeness (QED) is 0.397. The SMILES string of the molecule is O.[O-2].[O-2].[Sn+4]. The Bertz CT molecular complexity index is 3.25. The maximum Gasteiger partial charge on any atom is 4.00 e. The van der Waals surface area contributed by atoms with E-state index in [9.17, 15) is 0 Å². The number of hydrogen-bond donors (Lipinski definition) is 0. The van der Waals surface area contributed by atoms with Gasteiger partial charge in [-0.3, -0.25) is 0 Å². The smallest absolute Gasteiger partial charge is 2.00 e. The maximum atomic E-state index is 0. The summed E-state index contributed by atoms with van der Waals surface area (Å²) in [6.45, 7) is 0. The van der Waals surface area contributed by atoms with Crippen molar-refractivity contribution in [1.29, 1.82) is 0 Å². The average molecular weight is 169 g/mol. The summed E-state index contributed by atoms with van der Waals surface area (Å²) in [6, 6.07) is 0. The van der Waals surface area contributed by atoms with Crippen LogP contribution in [-0.2, 0) is 11.0 Å². The van der Waals surface area contributed by atoms with Gasteiger partial charge in [0.2, 0.25) is 0 Å². The molecule has 0 aromatic rings. The van der Waals surface area contributed by atoms with Crippen LogP contribution in [0.1, 0.15) is 0 Å². The summed E-state index contributed by atoms with van der Waals surface area (Å²) >= 11 is 0. The first-order valence-corrected chi connectivity index (χ1v) is 0. The second-order valence-corrected chi connectivity index (χ2v) is 0. The number of rotatable bonds is 0. The third kappa shape index (κ3) is 16.4. The average Bonchev–Trinajstić information content (AvgIpc) is 0. The van der Waals surface area contributed by atoms with Gasteiger partial charge in [0.05, 0.1) is 0 Å². The van der Waals surface area contributed by atoms with Gasteiger partial charge in [-0.05, 0) is 0 Å². The van der Waals surface area contributed by atoms with Crippen molar-refractivity contribution in [2.45, 2.75) is 0 Å². The maximum absolute atomic E-state index is 0. The Kier molecular flexibility index (Phi) is 1970. The van der Waals surface area contributed by atoms with Crippen molar-refractivity contribution in [1.82, 2.24) is 0 Å². The molecule has 0 saturated carbocycles. The monoisotopic (exact) mass is 170 g/mol. The van der Waals surface area contributed by atoms with Gasteiger partial charge >= 0.3 is 23.9 Å². The molecule has 0 atom stereocenters. The van der Waals surface area contributed by atoms with Gasteiger partial charge in [0.1, 0.15) is 0 Å². The van der Waals surface area contributed by atoms with Gasteiger partial charge in [-0.1, -0.05) is 0 Å². The van der Waals surface area contributed by atoms with Gasteiger partial charge in [0.25, 0.3) is 0 Å². The van der Waals surface area contributed by atoms with Crippen molar-refractivity contribution >= 4 is 23.9 Å². The van der Waals surface area contributed by atoms with E-state index < -0.39 is 0 Å². The molecular weight excluding hydrogens is 167 g/mol. The molecule has 0 fully saturated rings. The van der Waals surface area contributed by atoms with E-state index in [1.54, 1.807) is 0 Å². The Morgan fingerprint density at radius 2 is 0.750 bits per heavy atom. The first-order chi connectivity index (χ1) is 0. The molecule has 4 heavy (non-hydrogen) atoms. The van der Waals surface area contributed by atoms with E-state index in [0.717, 1.165) is 0 Å². The van der Waals surface area contributed by atoms with Crippen molar-refractivity contribution in [3.8, 4) is 0 Å². The summed E-state index contributed by atoms with van der Waals surface area (Å²) < 4.78 is 0. The summed E-state index contributed by atoms with van der Waals surface area (Å²) in [5.74, 6) is 0. The predicted molar refractivity (Wildman–Crippen MR) is 10.7 cm³/mol. The van der Waals surface area contributed by atoms with Crippen LogP contribution in [0.25, 0.3) is 0 Å². The van der Waals surface area contributed by atoms with E-state index in [1.807, 2.05) is 0 Å². The van der Waals surface area contributed by atoms with Crippen LogP contribution < -0.4 is 0 Å². The van der Waals surface area contributed by atoms with Gasteiger partial charge in [0.15, 0.2) is 0 Å². The minimum Gasteiger partial charge on any atom is -2.00 e. The summed E-state index contributed by atoms with van der Waals surface area (Å²) in [6.07, 6.45) is 0. The summed E-state index contributed by atoms with van der Waals surface area (Å²) in [4.78, 5) is 0. The molecule has 0 radical (unpaired) electrons. The molecule has 0 aromatic carbocycles. The minimum atomic E-state index is 0. The fourth-order valence-corrected chi connectivity index (χ4v) is 0. The van der Waals surface area contributed by atoms with Crippen molar-refractivity contribution < 1.29 is 16.4 Å². The normalized spacial score (nSPS) is 0.